The lowest BCUT2D eigenvalue weighted by molar-refractivity contribution is -0.387. The normalized spacial score (nSPS) is 10.7. The monoisotopic (exact) mass is 271 g/mol. The average Bonchev–Trinajstić information content (AvgIpc) is 2.40. The second kappa shape index (κ2) is 7.67. The first-order valence-corrected chi connectivity index (χ1v) is 5.71. The number of aliphatic hydroxyl groups excluding tert-OH is 1. The van der Waals surface area contributed by atoms with Crippen LogP contribution < -0.4 is 4.74 Å². The molecule has 0 amide bonds. The maximum Gasteiger partial charge on any atom is 0.277 e. The van der Waals surface area contributed by atoms with E-state index in [1.54, 1.807) is 0 Å². The lowest BCUT2D eigenvalue weighted by atomic mass is 10.1. The Labute approximate surface area is 110 Å². The zero-order chi connectivity index (χ0) is 14.3. The van der Waals surface area contributed by atoms with E-state index in [1.807, 2.05) is 0 Å². The molecule has 1 N–H and O–H groups in total. The number of hydrogen-bond acceptors (Lipinski definition) is 6. The number of hydrogen-bond donors (Lipinski definition) is 1. The van der Waals surface area contributed by atoms with Crippen LogP contribution in [0.2, 0.25) is 0 Å². The Balaban J connectivity index is 3.00. The first-order valence-electron chi connectivity index (χ1n) is 5.71. The maximum atomic E-state index is 11.0. The van der Waals surface area contributed by atoms with E-state index in [2.05, 4.69) is 0 Å². The number of methoxy groups -OCH3 is 2. The third-order valence-corrected chi connectivity index (χ3v) is 2.45. The lowest BCUT2D eigenvalue weighted by Crippen LogP contribution is -2.08. The standard InChI is InChI=1S/C12H17NO6/c1-17-12(18-2)10-8-9(19-7-3-6-14)4-5-11(10)13(15)16/h4-5,8,12,14H,3,6-7H2,1-2H3. The molecule has 0 unspecified atom stereocenters. The fourth-order valence-corrected chi connectivity index (χ4v) is 1.58. The molecular formula is C12H17NO6. The molecule has 19 heavy (non-hydrogen) atoms. The van der Waals surface area contributed by atoms with Crippen molar-refractivity contribution in [1.82, 2.24) is 0 Å². The van der Waals surface area contributed by atoms with E-state index in [0.717, 1.165) is 0 Å². The van der Waals surface area contributed by atoms with Crippen molar-refractivity contribution in [2.45, 2.75) is 12.7 Å². The molecule has 0 bridgehead atoms. The van der Waals surface area contributed by atoms with Crippen molar-refractivity contribution in [3.05, 3.63) is 33.9 Å². The molecule has 0 heterocycles. The fraction of sp³-hybridized carbons (Fsp3) is 0.500. The number of nitro groups is 1. The highest BCUT2D eigenvalue weighted by molar-refractivity contribution is 5.46. The predicted octanol–water partition coefficient (Wildman–Crippen LogP) is 1.65. The van der Waals surface area contributed by atoms with E-state index < -0.39 is 11.2 Å². The van der Waals surface area contributed by atoms with Gasteiger partial charge in [-0.25, -0.2) is 0 Å². The Kier molecular flexibility index (Phi) is 6.20. The summed E-state index contributed by atoms with van der Waals surface area (Å²) in [5.41, 5.74) is 0.194. The Hall–Kier alpha value is -1.70. The van der Waals surface area contributed by atoms with Crippen LogP contribution in [0.3, 0.4) is 0 Å². The maximum absolute atomic E-state index is 11.0. The van der Waals surface area contributed by atoms with Gasteiger partial charge >= 0.3 is 0 Å². The summed E-state index contributed by atoms with van der Waals surface area (Å²) in [6.45, 7) is 0.358. The summed E-state index contributed by atoms with van der Waals surface area (Å²) in [5, 5.41) is 19.6. The molecule has 1 rings (SSSR count). The van der Waals surface area contributed by atoms with Crippen molar-refractivity contribution in [1.29, 1.82) is 0 Å². The van der Waals surface area contributed by atoms with Gasteiger partial charge in [0.15, 0.2) is 6.29 Å². The van der Waals surface area contributed by atoms with Crippen LogP contribution in [0.1, 0.15) is 18.3 Å². The van der Waals surface area contributed by atoms with Crippen molar-refractivity contribution < 1.29 is 24.2 Å². The second-order valence-electron chi connectivity index (χ2n) is 3.71. The SMILES string of the molecule is COC(OC)c1cc(OCCCO)ccc1[N+](=O)[O-]. The van der Waals surface area contributed by atoms with Gasteiger partial charge in [0.25, 0.3) is 5.69 Å². The van der Waals surface area contributed by atoms with Gasteiger partial charge in [-0.1, -0.05) is 0 Å². The molecule has 0 fully saturated rings. The van der Waals surface area contributed by atoms with E-state index in [9.17, 15) is 10.1 Å². The number of nitro benzene ring substituents is 1. The fourth-order valence-electron chi connectivity index (χ4n) is 1.58. The molecule has 7 nitrogen and oxygen atoms in total. The van der Waals surface area contributed by atoms with Gasteiger partial charge in [0, 0.05) is 33.3 Å². The van der Waals surface area contributed by atoms with Gasteiger partial charge in [-0.05, 0) is 12.1 Å². The highest BCUT2D eigenvalue weighted by Gasteiger charge is 2.22. The van der Waals surface area contributed by atoms with Gasteiger partial charge in [-0.3, -0.25) is 10.1 Å². The third kappa shape index (κ3) is 4.16. The Morgan fingerprint density at radius 3 is 2.58 bits per heavy atom. The van der Waals surface area contributed by atoms with E-state index >= 15 is 0 Å². The minimum Gasteiger partial charge on any atom is -0.493 e. The summed E-state index contributed by atoms with van der Waals surface area (Å²) in [6, 6.07) is 4.35. The molecule has 1 aromatic carbocycles. The molecule has 106 valence electrons. The molecule has 0 saturated heterocycles. The van der Waals surface area contributed by atoms with Crippen LogP contribution in [0.4, 0.5) is 5.69 Å². The highest BCUT2D eigenvalue weighted by Crippen LogP contribution is 2.31. The molecule has 0 atom stereocenters. The van der Waals surface area contributed by atoms with Crippen LogP contribution >= 0.6 is 0 Å². The molecule has 0 radical (unpaired) electrons. The molecular weight excluding hydrogens is 254 g/mol. The van der Waals surface area contributed by atoms with Gasteiger partial charge in [-0.2, -0.15) is 0 Å². The van der Waals surface area contributed by atoms with Gasteiger partial charge in [0.2, 0.25) is 0 Å². The van der Waals surface area contributed by atoms with Crippen LogP contribution in [0, 0.1) is 10.1 Å². The summed E-state index contributed by atoms with van der Waals surface area (Å²) in [6.07, 6.45) is -0.341. The van der Waals surface area contributed by atoms with Crippen molar-refractivity contribution in [2.24, 2.45) is 0 Å². The quantitative estimate of drug-likeness (QED) is 0.334. The van der Waals surface area contributed by atoms with Crippen LogP contribution in [-0.4, -0.2) is 37.5 Å². The predicted molar refractivity (Wildman–Crippen MR) is 67.1 cm³/mol. The first kappa shape index (κ1) is 15.4. The van der Waals surface area contributed by atoms with Gasteiger partial charge < -0.3 is 19.3 Å². The Morgan fingerprint density at radius 2 is 2.05 bits per heavy atom. The first-order chi connectivity index (χ1) is 9.13. The summed E-state index contributed by atoms with van der Waals surface area (Å²) >= 11 is 0. The third-order valence-electron chi connectivity index (χ3n) is 2.45. The molecule has 7 heteroatoms. The molecule has 0 aliphatic carbocycles. The second-order valence-corrected chi connectivity index (χ2v) is 3.71. The molecule has 0 aliphatic heterocycles. The van der Waals surface area contributed by atoms with Crippen LogP contribution in [0.5, 0.6) is 5.75 Å². The van der Waals surface area contributed by atoms with Crippen molar-refractivity contribution in [2.75, 3.05) is 27.4 Å². The van der Waals surface area contributed by atoms with Gasteiger partial charge in [0.1, 0.15) is 5.75 Å². The highest BCUT2D eigenvalue weighted by atomic mass is 16.7. The molecule has 0 spiro atoms. The van der Waals surface area contributed by atoms with E-state index in [4.69, 9.17) is 19.3 Å². The number of benzene rings is 1. The van der Waals surface area contributed by atoms with Crippen LogP contribution in [0.25, 0.3) is 0 Å². The largest absolute Gasteiger partial charge is 0.493 e. The molecule has 1 aromatic rings. The molecule has 0 aromatic heterocycles. The van der Waals surface area contributed by atoms with Crippen molar-refractivity contribution >= 4 is 5.69 Å². The summed E-state index contributed by atoms with van der Waals surface area (Å²) < 4.78 is 15.4. The summed E-state index contributed by atoms with van der Waals surface area (Å²) in [4.78, 5) is 10.4. The van der Waals surface area contributed by atoms with E-state index in [-0.39, 0.29) is 17.9 Å². The molecule has 0 aliphatic rings. The molecule has 0 saturated carbocycles. The number of nitrogens with zero attached hydrogens (tertiary/aromatic N) is 1. The number of ether oxygens (including phenoxy) is 3. The van der Waals surface area contributed by atoms with Gasteiger partial charge in [-0.15, -0.1) is 0 Å². The number of aliphatic hydroxyl groups is 1. The minimum absolute atomic E-state index is 0.0264. The van der Waals surface area contributed by atoms with E-state index in [0.29, 0.717) is 18.8 Å². The minimum atomic E-state index is -0.832. The summed E-state index contributed by atoms with van der Waals surface area (Å²) in [7, 11) is 2.80. The van der Waals surface area contributed by atoms with Gasteiger partial charge in [0.05, 0.1) is 17.1 Å². The van der Waals surface area contributed by atoms with Crippen molar-refractivity contribution in [3.63, 3.8) is 0 Å². The zero-order valence-electron chi connectivity index (χ0n) is 10.9. The Morgan fingerprint density at radius 1 is 1.37 bits per heavy atom. The topological polar surface area (TPSA) is 91.1 Å². The lowest BCUT2D eigenvalue weighted by Gasteiger charge is -2.15. The van der Waals surface area contributed by atoms with E-state index in [1.165, 1.54) is 32.4 Å². The summed E-state index contributed by atoms with van der Waals surface area (Å²) in [5.74, 6) is 0.466. The van der Waals surface area contributed by atoms with Crippen LogP contribution in [-0.2, 0) is 9.47 Å². The van der Waals surface area contributed by atoms with Crippen LogP contribution in [0.15, 0.2) is 18.2 Å². The average molecular weight is 271 g/mol. The number of rotatable bonds is 8. The zero-order valence-corrected chi connectivity index (χ0v) is 10.9. The van der Waals surface area contributed by atoms with Crippen molar-refractivity contribution in [3.8, 4) is 5.75 Å². The Bertz CT molecular complexity index is 419. The smallest absolute Gasteiger partial charge is 0.277 e.